The van der Waals surface area contributed by atoms with Gasteiger partial charge in [-0.3, -0.25) is 0 Å². The predicted octanol–water partition coefficient (Wildman–Crippen LogP) is 1.14. The summed E-state index contributed by atoms with van der Waals surface area (Å²) in [6, 6.07) is 1.81. The number of rotatable bonds is 7. The number of aliphatic hydroxyl groups excluding tert-OH is 1. The molecule has 1 atom stereocenters. The summed E-state index contributed by atoms with van der Waals surface area (Å²) in [5.74, 6) is 0. The SMILES string of the molecule is CCN[C@H]1CN(CCCCO)Sc2sc(S(N)(=O)=O)cc21. The number of fused-ring (bicyclic) bond motifs is 1. The zero-order valence-corrected chi connectivity index (χ0v) is 14.4. The Hall–Kier alpha value is -0.160. The molecule has 0 spiro atoms. The molecule has 0 aromatic carbocycles. The van der Waals surface area contributed by atoms with Crippen molar-refractivity contribution < 1.29 is 13.5 Å². The number of aliphatic hydroxyl groups is 1. The zero-order valence-electron chi connectivity index (χ0n) is 11.9. The second-order valence-electron chi connectivity index (χ2n) is 4.87. The third kappa shape index (κ3) is 4.41. The van der Waals surface area contributed by atoms with Crippen LogP contribution < -0.4 is 10.5 Å². The number of unbranched alkanes of at least 4 members (excludes halogenated alkanes) is 1. The van der Waals surface area contributed by atoms with Gasteiger partial charge in [0.2, 0.25) is 10.0 Å². The van der Waals surface area contributed by atoms with E-state index in [0.717, 1.165) is 42.2 Å². The molecule has 120 valence electrons. The smallest absolute Gasteiger partial charge is 0.247 e. The van der Waals surface area contributed by atoms with E-state index in [0.29, 0.717) is 0 Å². The van der Waals surface area contributed by atoms with E-state index in [1.54, 1.807) is 18.0 Å². The van der Waals surface area contributed by atoms with Crippen molar-refractivity contribution in [2.45, 2.75) is 34.2 Å². The minimum atomic E-state index is -3.65. The molecule has 1 aromatic rings. The second kappa shape index (κ2) is 7.40. The third-order valence-electron chi connectivity index (χ3n) is 3.22. The van der Waals surface area contributed by atoms with Gasteiger partial charge in [-0.05, 0) is 43.0 Å². The van der Waals surface area contributed by atoms with E-state index in [9.17, 15) is 8.42 Å². The van der Waals surface area contributed by atoms with Crippen LogP contribution in [0.5, 0.6) is 0 Å². The lowest BCUT2D eigenvalue weighted by molar-refractivity contribution is 0.275. The van der Waals surface area contributed by atoms with Crippen LogP contribution >= 0.6 is 23.3 Å². The molecule has 1 aliphatic heterocycles. The molecule has 0 unspecified atom stereocenters. The first-order valence-corrected chi connectivity index (χ1v) is 10.0. The number of thiophene rings is 1. The second-order valence-corrected chi connectivity index (χ2v) is 9.08. The lowest BCUT2D eigenvalue weighted by Crippen LogP contribution is -2.35. The van der Waals surface area contributed by atoms with Crippen molar-refractivity contribution in [3.05, 3.63) is 11.6 Å². The van der Waals surface area contributed by atoms with E-state index in [1.165, 1.54) is 11.3 Å². The van der Waals surface area contributed by atoms with Crippen LogP contribution in [0.3, 0.4) is 0 Å². The Kier molecular flexibility index (Phi) is 6.06. The summed E-state index contributed by atoms with van der Waals surface area (Å²) >= 11 is 2.82. The minimum Gasteiger partial charge on any atom is -0.396 e. The van der Waals surface area contributed by atoms with Crippen LogP contribution in [0.2, 0.25) is 0 Å². The molecule has 21 heavy (non-hydrogen) atoms. The Morgan fingerprint density at radius 1 is 1.52 bits per heavy atom. The lowest BCUT2D eigenvalue weighted by atomic mass is 10.1. The number of nitrogens with one attached hydrogen (secondary N) is 1. The molecule has 0 aliphatic carbocycles. The van der Waals surface area contributed by atoms with Crippen LogP contribution in [0.15, 0.2) is 14.5 Å². The molecule has 9 heteroatoms. The van der Waals surface area contributed by atoms with Gasteiger partial charge >= 0.3 is 0 Å². The zero-order chi connectivity index (χ0) is 15.5. The summed E-state index contributed by atoms with van der Waals surface area (Å²) in [5.41, 5.74) is 1.02. The fourth-order valence-electron chi connectivity index (χ4n) is 2.23. The highest BCUT2D eigenvalue weighted by molar-refractivity contribution is 7.99. The molecule has 0 saturated carbocycles. The normalized spacial score (nSPS) is 19.7. The summed E-state index contributed by atoms with van der Waals surface area (Å²) in [7, 11) is -3.65. The molecule has 6 nitrogen and oxygen atoms in total. The summed E-state index contributed by atoms with van der Waals surface area (Å²) < 4.78 is 26.5. The van der Waals surface area contributed by atoms with E-state index < -0.39 is 10.0 Å². The summed E-state index contributed by atoms with van der Waals surface area (Å²) in [4.78, 5) is 0. The Morgan fingerprint density at radius 2 is 2.29 bits per heavy atom. The maximum absolute atomic E-state index is 11.5. The van der Waals surface area contributed by atoms with Crippen molar-refractivity contribution in [2.75, 3.05) is 26.2 Å². The van der Waals surface area contributed by atoms with Crippen LogP contribution in [0.1, 0.15) is 31.4 Å². The highest BCUT2D eigenvalue weighted by Crippen LogP contribution is 2.43. The van der Waals surface area contributed by atoms with Crippen molar-refractivity contribution >= 4 is 33.3 Å². The first-order valence-electron chi connectivity index (χ1n) is 6.89. The Labute approximate surface area is 133 Å². The van der Waals surface area contributed by atoms with Crippen molar-refractivity contribution in [1.82, 2.24) is 9.62 Å². The first-order chi connectivity index (χ1) is 9.95. The Morgan fingerprint density at radius 3 is 2.90 bits per heavy atom. The average molecular weight is 352 g/mol. The summed E-state index contributed by atoms with van der Waals surface area (Å²) in [6.07, 6.45) is 1.70. The van der Waals surface area contributed by atoms with E-state index in [1.807, 2.05) is 6.92 Å². The van der Waals surface area contributed by atoms with E-state index in [4.69, 9.17) is 10.2 Å². The number of sulfonamides is 1. The van der Waals surface area contributed by atoms with Gasteiger partial charge in [-0.15, -0.1) is 11.3 Å². The van der Waals surface area contributed by atoms with Crippen LogP contribution in [0, 0.1) is 0 Å². The fourth-order valence-corrected chi connectivity index (χ4v) is 5.81. The Bertz CT molecular complexity index is 574. The van der Waals surface area contributed by atoms with Crippen LogP contribution in [-0.2, 0) is 10.0 Å². The van der Waals surface area contributed by atoms with Crippen LogP contribution in [0.4, 0.5) is 0 Å². The molecule has 2 heterocycles. The maximum atomic E-state index is 11.5. The first kappa shape index (κ1) is 17.2. The number of hydrogen-bond acceptors (Lipinski definition) is 7. The number of nitrogens with two attached hydrogens (primary N) is 1. The topological polar surface area (TPSA) is 95.7 Å². The van der Waals surface area contributed by atoms with E-state index >= 15 is 0 Å². The highest BCUT2D eigenvalue weighted by Gasteiger charge is 2.29. The van der Waals surface area contributed by atoms with Gasteiger partial charge in [0.1, 0.15) is 4.21 Å². The van der Waals surface area contributed by atoms with E-state index in [2.05, 4.69) is 9.62 Å². The number of primary sulfonamides is 1. The molecular formula is C12H21N3O3S3. The average Bonchev–Trinajstić information content (AvgIpc) is 2.83. The fraction of sp³-hybridized carbons (Fsp3) is 0.667. The van der Waals surface area contributed by atoms with Gasteiger partial charge in [0.05, 0.1) is 4.21 Å². The quantitative estimate of drug-likeness (QED) is 0.504. The van der Waals surface area contributed by atoms with Gasteiger partial charge < -0.3 is 10.4 Å². The molecule has 0 bridgehead atoms. The van der Waals surface area contributed by atoms with Crippen molar-refractivity contribution in [3.63, 3.8) is 0 Å². The van der Waals surface area contributed by atoms with Crippen molar-refractivity contribution in [2.24, 2.45) is 5.14 Å². The molecular weight excluding hydrogens is 330 g/mol. The minimum absolute atomic E-state index is 0.118. The lowest BCUT2D eigenvalue weighted by Gasteiger charge is -2.31. The van der Waals surface area contributed by atoms with Gasteiger partial charge in [0.25, 0.3) is 0 Å². The number of hydrogen-bond donors (Lipinski definition) is 3. The molecule has 0 amide bonds. The van der Waals surface area contributed by atoms with Crippen molar-refractivity contribution in [3.8, 4) is 0 Å². The summed E-state index contributed by atoms with van der Waals surface area (Å²) in [6.45, 7) is 4.74. The number of likely N-dealkylation sites (N-methyl/N-ethyl adjacent to an activating group) is 1. The maximum Gasteiger partial charge on any atom is 0.247 e. The molecule has 0 fully saturated rings. The van der Waals surface area contributed by atoms with Crippen LogP contribution in [0.25, 0.3) is 0 Å². The van der Waals surface area contributed by atoms with Gasteiger partial charge in [0.15, 0.2) is 0 Å². The molecule has 1 aliphatic rings. The molecule has 0 radical (unpaired) electrons. The van der Waals surface area contributed by atoms with E-state index in [-0.39, 0.29) is 16.9 Å². The van der Waals surface area contributed by atoms with Gasteiger partial charge in [-0.2, -0.15) is 0 Å². The predicted molar refractivity (Wildman–Crippen MR) is 85.9 cm³/mol. The Balaban J connectivity index is 2.19. The number of nitrogens with zero attached hydrogens (tertiary/aromatic N) is 1. The molecule has 0 saturated heterocycles. The standard InChI is InChI=1S/C12H21N3O3S3/c1-2-14-10-8-15(5-3-4-6-16)20-12-9(10)7-11(19-12)21(13,17)18/h7,10,14,16H,2-6,8H2,1H3,(H2,13,17,18)/t10-/m0/s1. The third-order valence-corrected chi connectivity index (χ3v) is 7.05. The monoisotopic (exact) mass is 351 g/mol. The van der Waals surface area contributed by atoms with Crippen molar-refractivity contribution in [1.29, 1.82) is 0 Å². The highest BCUT2D eigenvalue weighted by atomic mass is 32.3. The largest absolute Gasteiger partial charge is 0.396 e. The van der Waals surface area contributed by atoms with Gasteiger partial charge in [0, 0.05) is 25.7 Å². The molecule has 1 aromatic heterocycles. The summed E-state index contributed by atoms with van der Waals surface area (Å²) in [5, 5.41) is 17.5. The van der Waals surface area contributed by atoms with Gasteiger partial charge in [-0.1, -0.05) is 6.92 Å². The van der Waals surface area contributed by atoms with Crippen LogP contribution in [-0.4, -0.2) is 44.1 Å². The van der Waals surface area contributed by atoms with Gasteiger partial charge in [-0.25, -0.2) is 17.9 Å². The molecule has 4 N–H and O–H groups in total. The molecule has 2 rings (SSSR count).